The zero-order chi connectivity index (χ0) is 12.1. The molecule has 15 heavy (non-hydrogen) atoms. The Bertz CT molecular complexity index is 302. The van der Waals surface area contributed by atoms with Crippen molar-refractivity contribution in [3.05, 3.63) is 0 Å². The molecular weight excluding hydrogens is 220 g/mol. The first kappa shape index (κ1) is 14.3. The van der Waals surface area contributed by atoms with Crippen molar-refractivity contribution in [3.63, 3.8) is 0 Å². The number of nitrogens with two attached hydrogens (primary N) is 1. The van der Waals surface area contributed by atoms with E-state index in [4.69, 9.17) is 10.5 Å². The summed E-state index contributed by atoms with van der Waals surface area (Å²) >= 11 is 0. The van der Waals surface area contributed by atoms with Crippen LogP contribution in [-0.2, 0) is 19.4 Å². The molecule has 0 heterocycles. The van der Waals surface area contributed by atoms with Crippen LogP contribution in [0.5, 0.6) is 0 Å². The first-order chi connectivity index (χ1) is 6.76. The summed E-state index contributed by atoms with van der Waals surface area (Å²) in [7, 11) is -0.251. The highest BCUT2D eigenvalue weighted by Crippen LogP contribution is 1.93. The summed E-state index contributed by atoms with van der Waals surface area (Å²) in [5.74, 6) is -0.938. The molecular formula is C8H18N2O4S. The van der Waals surface area contributed by atoms with Crippen LogP contribution in [0, 0.1) is 0 Å². The topological polar surface area (TPSA) is 89.7 Å². The summed E-state index contributed by atoms with van der Waals surface area (Å²) in [6.45, 7) is 0.610. The van der Waals surface area contributed by atoms with Gasteiger partial charge in [-0.25, -0.2) is 8.42 Å². The Morgan fingerprint density at radius 1 is 1.53 bits per heavy atom. The molecule has 0 saturated heterocycles. The van der Waals surface area contributed by atoms with Crippen LogP contribution in [0.15, 0.2) is 0 Å². The molecule has 0 radical (unpaired) electrons. The molecule has 0 aromatic rings. The quantitative estimate of drug-likeness (QED) is 0.606. The van der Waals surface area contributed by atoms with Gasteiger partial charge in [-0.2, -0.15) is 0 Å². The predicted octanol–water partition coefficient (Wildman–Crippen LogP) is -1.54. The van der Waals surface area contributed by atoms with E-state index in [-0.39, 0.29) is 12.6 Å². The molecule has 0 aliphatic heterocycles. The Balaban J connectivity index is 4.10. The lowest BCUT2D eigenvalue weighted by Gasteiger charge is -2.20. The van der Waals surface area contributed by atoms with Crippen molar-refractivity contribution in [2.45, 2.75) is 6.04 Å². The van der Waals surface area contributed by atoms with Gasteiger partial charge in [-0.05, 0) is 0 Å². The van der Waals surface area contributed by atoms with E-state index in [1.54, 1.807) is 0 Å². The van der Waals surface area contributed by atoms with E-state index in [0.717, 1.165) is 6.26 Å². The van der Waals surface area contributed by atoms with Crippen molar-refractivity contribution in [3.8, 4) is 0 Å². The van der Waals surface area contributed by atoms with Gasteiger partial charge in [0.2, 0.25) is 5.91 Å². The Kier molecular flexibility index (Phi) is 5.77. The smallest absolute Gasteiger partial charge is 0.237 e. The van der Waals surface area contributed by atoms with Crippen LogP contribution >= 0.6 is 0 Å². The molecule has 1 amide bonds. The molecule has 0 saturated carbocycles. The third-order valence-corrected chi connectivity index (χ3v) is 2.47. The lowest BCUT2D eigenvalue weighted by molar-refractivity contribution is -0.127. The average Bonchev–Trinajstić information content (AvgIpc) is 2.00. The van der Waals surface area contributed by atoms with Crippen LogP contribution < -0.4 is 5.73 Å². The first-order valence-electron chi connectivity index (χ1n) is 4.42. The Labute approximate surface area is 90.3 Å². The molecule has 0 aliphatic carbocycles. The van der Waals surface area contributed by atoms with Gasteiger partial charge in [0, 0.05) is 33.0 Å². The monoisotopic (exact) mass is 238 g/mol. The number of rotatable bonds is 6. The Hall–Kier alpha value is -0.660. The standard InChI is InChI=1S/C8H18N2O4S/c1-10(4-7(9)5-14-2)8(11)6-15(3,12)13/h7H,4-6,9H2,1-3H3. The number of likely N-dealkylation sites (N-methyl/N-ethyl adjacent to an activating group) is 1. The van der Waals surface area contributed by atoms with E-state index in [0.29, 0.717) is 6.61 Å². The number of hydrogen-bond donors (Lipinski definition) is 1. The normalized spacial score (nSPS) is 13.6. The third-order valence-electron chi connectivity index (χ3n) is 1.70. The minimum Gasteiger partial charge on any atom is -0.383 e. The van der Waals surface area contributed by atoms with Crippen molar-refractivity contribution in [2.24, 2.45) is 5.73 Å². The van der Waals surface area contributed by atoms with Crippen LogP contribution in [0.1, 0.15) is 0 Å². The highest BCUT2D eigenvalue weighted by Gasteiger charge is 2.17. The van der Waals surface area contributed by atoms with Crippen LogP contribution in [0.25, 0.3) is 0 Å². The number of methoxy groups -OCH3 is 1. The molecule has 7 heteroatoms. The lowest BCUT2D eigenvalue weighted by Crippen LogP contribution is -2.42. The fraction of sp³-hybridized carbons (Fsp3) is 0.875. The zero-order valence-electron chi connectivity index (χ0n) is 9.26. The summed E-state index contributed by atoms with van der Waals surface area (Å²) in [5.41, 5.74) is 5.62. The average molecular weight is 238 g/mol. The van der Waals surface area contributed by atoms with Crippen LogP contribution in [0.3, 0.4) is 0 Å². The molecule has 0 rings (SSSR count). The van der Waals surface area contributed by atoms with Crippen LogP contribution in [0.2, 0.25) is 0 Å². The van der Waals surface area contributed by atoms with Crippen LogP contribution in [-0.4, -0.2) is 64.6 Å². The number of sulfone groups is 1. The molecule has 1 unspecified atom stereocenters. The fourth-order valence-corrected chi connectivity index (χ4v) is 1.72. The molecule has 0 aromatic carbocycles. The van der Waals surface area contributed by atoms with Gasteiger partial charge in [-0.3, -0.25) is 4.79 Å². The maximum Gasteiger partial charge on any atom is 0.237 e. The van der Waals surface area contributed by atoms with Gasteiger partial charge >= 0.3 is 0 Å². The lowest BCUT2D eigenvalue weighted by atomic mass is 10.3. The molecule has 90 valence electrons. The number of amides is 1. The molecule has 0 fully saturated rings. The molecule has 0 bridgehead atoms. The fourth-order valence-electron chi connectivity index (χ4n) is 1.05. The number of nitrogens with zero attached hydrogens (tertiary/aromatic N) is 1. The van der Waals surface area contributed by atoms with E-state index in [1.807, 2.05) is 0 Å². The van der Waals surface area contributed by atoms with Gasteiger partial charge < -0.3 is 15.4 Å². The van der Waals surface area contributed by atoms with Crippen molar-refractivity contribution in [1.82, 2.24) is 4.90 Å². The number of carbonyl (C=O) groups is 1. The van der Waals surface area contributed by atoms with Crippen LogP contribution in [0.4, 0.5) is 0 Å². The minimum absolute atomic E-state index is 0.280. The largest absolute Gasteiger partial charge is 0.383 e. The zero-order valence-corrected chi connectivity index (χ0v) is 10.1. The molecule has 0 aromatic heterocycles. The number of carbonyl (C=O) groups excluding carboxylic acids is 1. The van der Waals surface area contributed by atoms with Gasteiger partial charge in [0.05, 0.1) is 6.61 Å². The van der Waals surface area contributed by atoms with E-state index in [9.17, 15) is 13.2 Å². The number of hydrogen-bond acceptors (Lipinski definition) is 5. The van der Waals surface area contributed by atoms with Crippen molar-refractivity contribution >= 4 is 15.7 Å². The number of ether oxygens (including phenoxy) is 1. The van der Waals surface area contributed by atoms with Gasteiger partial charge in [-0.1, -0.05) is 0 Å². The minimum atomic E-state index is -3.28. The van der Waals surface area contributed by atoms with Crippen molar-refractivity contribution in [2.75, 3.05) is 39.3 Å². The summed E-state index contributed by atoms with van der Waals surface area (Å²) in [6.07, 6.45) is 1.02. The van der Waals surface area contributed by atoms with Gasteiger partial charge in [-0.15, -0.1) is 0 Å². The Morgan fingerprint density at radius 2 is 2.07 bits per heavy atom. The predicted molar refractivity (Wildman–Crippen MR) is 57.2 cm³/mol. The second kappa shape index (κ2) is 6.04. The second-order valence-electron chi connectivity index (χ2n) is 3.56. The molecule has 0 aliphatic rings. The Morgan fingerprint density at radius 3 is 2.47 bits per heavy atom. The third kappa shape index (κ3) is 7.29. The molecule has 0 spiro atoms. The van der Waals surface area contributed by atoms with E-state index in [2.05, 4.69) is 0 Å². The molecule has 1 atom stereocenters. The van der Waals surface area contributed by atoms with E-state index in [1.165, 1.54) is 19.1 Å². The van der Waals surface area contributed by atoms with Gasteiger partial charge in [0.25, 0.3) is 0 Å². The van der Waals surface area contributed by atoms with Gasteiger partial charge in [0.1, 0.15) is 5.75 Å². The van der Waals surface area contributed by atoms with E-state index >= 15 is 0 Å². The summed E-state index contributed by atoms with van der Waals surface area (Å²) in [6, 6.07) is -0.302. The van der Waals surface area contributed by atoms with Crippen molar-refractivity contribution in [1.29, 1.82) is 0 Å². The highest BCUT2D eigenvalue weighted by molar-refractivity contribution is 7.91. The van der Waals surface area contributed by atoms with Gasteiger partial charge in [0.15, 0.2) is 9.84 Å². The van der Waals surface area contributed by atoms with E-state index < -0.39 is 21.5 Å². The maximum absolute atomic E-state index is 11.3. The first-order valence-corrected chi connectivity index (χ1v) is 6.48. The molecule has 2 N–H and O–H groups in total. The maximum atomic E-state index is 11.3. The summed E-state index contributed by atoms with van der Waals surface area (Å²) in [5, 5.41) is 0. The highest BCUT2D eigenvalue weighted by atomic mass is 32.2. The SMILES string of the molecule is COCC(N)CN(C)C(=O)CS(C)(=O)=O. The summed E-state index contributed by atoms with van der Waals surface area (Å²) in [4.78, 5) is 12.6. The summed E-state index contributed by atoms with van der Waals surface area (Å²) < 4.78 is 26.5. The van der Waals surface area contributed by atoms with Crippen molar-refractivity contribution < 1.29 is 17.9 Å². The molecule has 6 nitrogen and oxygen atoms in total. The second-order valence-corrected chi connectivity index (χ2v) is 5.70.